The molecule has 3 aliphatic heterocycles. The zero-order valence-electron chi connectivity index (χ0n) is 25.4. The molecule has 0 radical (unpaired) electrons. The third-order valence-corrected chi connectivity index (χ3v) is 10.0. The van der Waals surface area contributed by atoms with E-state index in [9.17, 15) is 13.9 Å². The SMILES string of the molecule is C#Cc1c(F)ccc2cc(O)cc(-c3ncc4c(N5CC6CC(C)CC6C5)nc(OC)nc4c3F)c12.FC1CC2CCCN2C1. The topological polar surface area (TPSA) is 74.6 Å². The second kappa shape index (κ2) is 11.7. The number of rotatable bonds is 3. The van der Waals surface area contributed by atoms with Crippen LogP contribution in [-0.4, -0.2) is 70.5 Å². The lowest BCUT2D eigenvalue weighted by Crippen LogP contribution is -2.23. The summed E-state index contributed by atoms with van der Waals surface area (Å²) in [5.41, 5.74) is 0.106. The molecule has 234 valence electrons. The van der Waals surface area contributed by atoms with Gasteiger partial charge < -0.3 is 14.7 Å². The molecule has 1 saturated carbocycles. The molecule has 4 unspecified atom stereocenters. The fourth-order valence-electron chi connectivity index (χ4n) is 8.10. The maximum atomic E-state index is 16.2. The summed E-state index contributed by atoms with van der Waals surface area (Å²) in [5.74, 6) is 3.38. The summed E-state index contributed by atoms with van der Waals surface area (Å²) in [6.45, 7) is 5.83. The van der Waals surface area contributed by atoms with Gasteiger partial charge in [0.1, 0.15) is 34.8 Å². The van der Waals surface area contributed by atoms with Crippen molar-refractivity contribution in [3.05, 3.63) is 47.7 Å². The fraction of sp³-hybridized carbons (Fsp3) is 0.457. The van der Waals surface area contributed by atoms with Crippen LogP contribution in [0.15, 0.2) is 30.5 Å². The van der Waals surface area contributed by atoms with Crippen LogP contribution in [0.3, 0.4) is 0 Å². The molecule has 45 heavy (non-hydrogen) atoms. The summed E-state index contributed by atoms with van der Waals surface area (Å²) in [6, 6.07) is 6.16. The van der Waals surface area contributed by atoms with Gasteiger partial charge in [-0.2, -0.15) is 9.97 Å². The van der Waals surface area contributed by atoms with Crippen molar-refractivity contribution in [2.24, 2.45) is 17.8 Å². The number of hydrogen-bond acceptors (Lipinski definition) is 7. The van der Waals surface area contributed by atoms with Crippen molar-refractivity contribution in [1.82, 2.24) is 19.9 Å². The highest BCUT2D eigenvalue weighted by Gasteiger charge is 2.40. The Labute approximate surface area is 260 Å². The summed E-state index contributed by atoms with van der Waals surface area (Å²) < 4.78 is 48.6. The van der Waals surface area contributed by atoms with E-state index in [1.54, 1.807) is 0 Å². The van der Waals surface area contributed by atoms with E-state index < -0.39 is 17.8 Å². The highest BCUT2D eigenvalue weighted by atomic mass is 19.1. The Morgan fingerprint density at radius 2 is 1.84 bits per heavy atom. The van der Waals surface area contributed by atoms with Gasteiger partial charge in [-0.15, -0.1) is 6.42 Å². The van der Waals surface area contributed by atoms with Gasteiger partial charge in [-0.25, -0.2) is 13.2 Å². The molecule has 0 amide bonds. The predicted octanol–water partition coefficient (Wildman–Crippen LogP) is 6.49. The fourth-order valence-corrected chi connectivity index (χ4v) is 8.10. The third-order valence-electron chi connectivity index (χ3n) is 10.0. The summed E-state index contributed by atoms with van der Waals surface area (Å²) in [7, 11) is 1.44. The van der Waals surface area contributed by atoms with Crippen LogP contribution in [0.5, 0.6) is 11.8 Å². The number of fused-ring (bicyclic) bond motifs is 4. The second-order valence-electron chi connectivity index (χ2n) is 13.0. The van der Waals surface area contributed by atoms with E-state index >= 15 is 4.39 Å². The number of aromatic hydroxyl groups is 1. The molecular weight excluding hydrogens is 579 g/mol. The molecule has 4 aliphatic rings. The molecule has 2 aromatic heterocycles. The molecule has 3 saturated heterocycles. The molecule has 7 nitrogen and oxygen atoms in total. The molecule has 0 bridgehead atoms. The minimum Gasteiger partial charge on any atom is -0.508 e. The number of phenols is 1. The minimum absolute atomic E-state index is 0.0254. The molecule has 8 rings (SSSR count). The van der Waals surface area contributed by atoms with Crippen LogP contribution in [0, 0.1) is 41.7 Å². The smallest absolute Gasteiger partial charge is 0.318 e. The molecular formula is C35H36F3N5O2. The average molecular weight is 616 g/mol. The zero-order chi connectivity index (χ0) is 31.4. The van der Waals surface area contributed by atoms with Crippen molar-refractivity contribution in [1.29, 1.82) is 0 Å². The van der Waals surface area contributed by atoms with E-state index in [0.29, 0.717) is 46.4 Å². The van der Waals surface area contributed by atoms with Gasteiger partial charge in [-0.05, 0) is 80.0 Å². The Balaban J connectivity index is 0.000000308. The molecule has 4 aromatic rings. The molecule has 10 heteroatoms. The van der Waals surface area contributed by atoms with Crippen LogP contribution >= 0.6 is 0 Å². The van der Waals surface area contributed by atoms with E-state index in [4.69, 9.17) is 11.2 Å². The number of aromatic nitrogens is 3. The number of phenolic OH excluding ortho intramolecular Hbond substituents is 1. The Morgan fingerprint density at radius 3 is 2.56 bits per heavy atom. The molecule has 4 atom stereocenters. The first-order valence-electron chi connectivity index (χ1n) is 15.7. The maximum absolute atomic E-state index is 16.2. The standard InChI is InChI=1S/C28H24F2N4O2.C7H12FN/c1-4-19-22(29)6-5-15-9-18(35)10-20(23(15)19)25-24(30)26-21(11-31-25)27(33-28(32-26)36-3)34-12-16-7-14(2)8-17(16)13-34;8-6-4-7-2-1-3-9(7)5-6/h1,5-6,9-11,14,16-17,35H,7-8,12-13H2,2-3H3;6-7H,1-5H2. The highest BCUT2D eigenvalue weighted by Crippen LogP contribution is 2.44. The van der Waals surface area contributed by atoms with Gasteiger partial charge in [-0.3, -0.25) is 9.88 Å². The van der Waals surface area contributed by atoms with Gasteiger partial charge in [0.15, 0.2) is 5.82 Å². The third kappa shape index (κ3) is 5.31. The first-order chi connectivity index (χ1) is 21.7. The lowest BCUT2D eigenvalue weighted by molar-refractivity contribution is 0.292. The molecule has 0 spiro atoms. The van der Waals surface area contributed by atoms with Crippen LogP contribution in [0.1, 0.15) is 44.6 Å². The summed E-state index contributed by atoms with van der Waals surface area (Å²) in [4.78, 5) is 17.7. The maximum Gasteiger partial charge on any atom is 0.318 e. The van der Waals surface area contributed by atoms with E-state index in [2.05, 4.69) is 37.6 Å². The van der Waals surface area contributed by atoms with Gasteiger partial charge in [0.2, 0.25) is 0 Å². The molecule has 5 heterocycles. The Hall–Kier alpha value is -4.10. The number of hydrogen-bond donors (Lipinski definition) is 1. The lowest BCUT2D eigenvalue weighted by Gasteiger charge is -2.21. The van der Waals surface area contributed by atoms with Gasteiger partial charge >= 0.3 is 6.01 Å². The van der Waals surface area contributed by atoms with Crippen LogP contribution in [0.2, 0.25) is 0 Å². The summed E-state index contributed by atoms with van der Waals surface area (Å²) in [6.07, 6.45) is 12.3. The first kappa shape index (κ1) is 29.6. The predicted molar refractivity (Wildman–Crippen MR) is 168 cm³/mol. The average Bonchev–Trinajstić information content (AvgIpc) is 3.78. The van der Waals surface area contributed by atoms with Crippen LogP contribution < -0.4 is 9.64 Å². The number of terminal acetylenes is 1. The van der Waals surface area contributed by atoms with Gasteiger partial charge in [-0.1, -0.05) is 18.9 Å². The summed E-state index contributed by atoms with van der Waals surface area (Å²) >= 11 is 0. The van der Waals surface area contributed by atoms with Gasteiger partial charge in [0.25, 0.3) is 0 Å². The van der Waals surface area contributed by atoms with Gasteiger partial charge in [0.05, 0.1) is 18.1 Å². The second-order valence-corrected chi connectivity index (χ2v) is 13.0. The van der Waals surface area contributed by atoms with Crippen molar-refractivity contribution in [3.8, 4) is 35.4 Å². The number of anilines is 1. The number of pyridine rings is 1. The van der Waals surface area contributed by atoms with E-state index in [1.165, 1.54) is 63.3 Å². The van der Waals surface area contributed by atoms with E-state index in [0.717, 1.165) is 32.0 Å². The highest BCUT2D eigenvalue weighted by molar-refractivity contribution is 6.03. The van der Waals surface area contributed by atoms with Crippen LogP contribution in [-0.2, 0) is 0 Å². The number of ether oxygens (including phenoxy) is 1. The normalized spacial score (nSPS) is 25.7. The van der Waals surface area contributed by atoms with E-state index in [1.807, 2.05) is 0 Å². The largest absolute Gasteiger partial charge is 0.508 e. The van der Waals surface area contributed by atoms with Crippen LogP contribution in [0.4, 0.5) is 19.0 Å². The van der Waals surface area contributed by atoms with E-state index in [-0.39, 0.29) is 34.1 Å². The number of nitrogens with zero attached hydrogens (tertiary/aromatic N) is 5. The van der Waals surface area contributed by atoms with Crippen LogP contribution in [0.25, 0.3) is 32.9 Å². The minimum atomic E-state index is -0.721. The van der Waals surface area contributed by atoms with Crippen molar-refractivity contribution >= 4 is 27.5 Å². The molecule has 1 aliphatic carbocycles. The quantitative estimate of drug-likeness (QED) is 0.264. The monoisotopic (exact) mass is 615 g/mol. The number of methoxy groups -OCH3 is 1. The number of alkyl halides is 1. The lowest BCUT2D eigenvalue weighted by atomic mass is 9.96. The summed E-state index contributed by atoms with van der Waals surface area (Å²) in [5, 5.41) is 11.6. The Kier molecular flexibility index (Phi) is 7.68. The molecule has 2 aromatic carbocycles. The van der Waals surface area contributed by atoms with Gasteiger partial charge in [0, 0.05) is 42.8 Å². The molecule has 1 N–H and O–H groups in total. The first-order valence-corrected chi connectivity index (χ1v) is 15.7. The molecule has 4 fully saturated rings. The van der Waals surface area contributed by atoms with Crippen molar-refractivity contribution in [3.63, 3.8) is 0 Å². The van der Waals surface area contributed by atoms with Crippen molar-refractivity contribution in [2.45, 2.75) is 51.2 Å². The number of halogens is 3. The van der Waals surface area contributed by atoms with Crippen molar-refractivity contribution < 1.29 is 23.0 Å². The number of benzene rings is 2. The Morgan fingerprint density at radius 1 is 1.07 bits per heavy atom. The zero-order valence-corrected chi connectivity index (χ0v) is 25.4. The Bertz CT molecular complexity index is 1800. The van der Waals surface area contributed by atoms with Crippen molar-refractivity contribution in [2.75, 3.05) is 38.2 Å².